The molecule has 0 fully saturated rings. The molecule has 8 heteroatoms. The molecule has 0 bridgehead atoms. The Hall–Kier alpha value is -3.52. The van der Waals surface area contributed by atoms with Crippen molar-refractivity contribution >= 4 is 39.1 Å². The van der Waals surface area contributed by atoms with E-state index < -0.39 is 11.5 Å². The minimum absolute atomic E-state index is 0.0713. The van der Waals surface area contributed by atoms with Crippen LogP contribution in [0.5, 0.6) is 0 Å². The Balaban J connectivity index is 1.40. The first-order chi connectivity index (χ1) is 14.8. The van der Waals surface area contributed by atoms with Gasteiger partial charge in [-0.15, -0.1) is 11.3 Å². The van der Waals surface area contributed by atoms with E-state index in [4.69, 9.17) is 4.42 Å². The van der Waals surface area contributed by atoms with Crippen molar-refractivity contribution in [1.82, 2.24) is 9.97 Å². The molecule has 1 aliphatic carbocycles. The molecule has 2 N–H and O–H groups in total. The molecule has 0 spiro atoms. The van der Waals surface area contributed by atoms with Gasteiger partial charge >= 0.3 is 0 Å². The van der Waals surface area contributed by atoms with Crippen molar-refractivity contribution in [1.29, 1.82) is 0 Å². The minimum atomic E-state index is -0.604. The van der Waals surface area contributed by atoms with Crippen LogP contribution in [0.4, 0.5) is 5.13 Å². The summed E-state index contributed by atoms with van der Waals surface area (Å²) in [6.45, 7) is 3.96. The van der Waals surface area contributed by atoms with Gasteiger partial charge in [0, 0.05) is 28.4 Å². The highest BCUT2D eigenvalue weighted by molar-refractivity contribution is 7.14. The van der Waals surface area contributed by atoms with Crippen LogP contribution in [-0.2, 0) is 6.42 Å². The van der Waals surface area contributed by atoms with Gasteiger partial charge in [0.15, 0.2) is 16.7 Å². The zero-order chi connectivity index (χ0) is 21.8. The number of H-pyrrole nitrogens is 1. The van der Waals surface area contributed by atoms with E-state index in [0.717, 1.165) is 11.0 Å². The number of nitrogens with one attached hydrogen (secondary N) is 2. The monoisotopic (exact) mass is 433 g/mol. The molecule has 0 aliphatic heterocycles. The Morgan fingerprint density at radius 2 is 2.00 bits per heavy atom. The maximum absolute atomic E-state index is 12.7. The number of amides is 1. The van der Waals surface area contributed by atoms with Crippen molar-refractivity contribution < 1.29 is 14.0 Å². The zero-order valence-electron chi connectivity index (χ0n) is 16.9. The number of hydrogen-bond donors (Lipinski definition) is 2. The molecule has 1 amide bonds. The van der Waals surface area contributed by atoms with Crippen LogP contribution in [-0.4, -0.2) is 21.7 Å². The fraction of sp³-hybridized carbons (Fsp3) is 0.217. The smallest absolute Gasteiger partial charge is 0.263 e. The molecule has 7 nitrogen and oxygen atoms in total. The number of benzene rings is 1. The molecule has 5 rings (SSSR count). The van der Waals surface area contributed by atoms with Crippen molar-refractivity contribution in [3.05, 3.63) is 69.0 Å². The number of rotatable bonds is 3. The number of aromatic amines is 1. The molecule has 0 atom stereocenters. The predicted molar refractivity (Wildman–Crippen MR) is 119 cm³/mol. The van der Waals surface area contributed by atoms with Crippen molar-refractivity contribution in [3.8, 4) is 11.5 Å². The number of thiazole rings is 1. The van der Waals surface area contributed by atoms with Gasteiger partial charge in [-0.05, 0) is 30.0 Å². The number of Topliss-reactive ketones (excluding diaryl/α,β-unsaturated/α-hetero) is 1. The number of ketones is 1. The lowest BCUT2D eigenvalue weighted by Crippen LogP contribution is -2.32. The largest absolute Gasteiger partial charge is 0.454 e. The van der Waals surface area contributed by atoms with Gasteiger partial charge in [0.25, 0.3) is 11.5 Å². The second kappa shape index (κ2) is 7.02. The lowest BCUT2D eigenvalue weighted by Gasteiger charge is -2.29. The highest BCUT2D eigenvalue weighted by Crippen LogP contribution is 2.34. The topological polar surface area (TPSA) is 105 Å². The maximum Gasteiger partial charge on any atom is 0.263 e. The molecular formula is C23H19N3O4S. The molecule has 0 radical (unpaired) electrons. The average Bonchev–Trinajstić information content (AvgIpc) is 3.33. The summed E-state index contributed by atoms with van der Waals surface area (Å²) in [5.74, 6) is -0.0806. The number of para-hydroxylation sites is 1. The fourth-order valence-corrected chi connectivity index (χ4v) is 4.61. The van der Waals surface area contributed by atoms with E-state index in [1.54, 1.807) is 5.38 Å². The van der Waals surface area contributed by atoms with E-state index in [2.05, 4.69) is 15.3 Å². The Morgan fingerprint density at radius 1 is 1.19 bits per heavy atom. The van der Waals surface area contributed by atoms with Crippen molar-refractivity contribution in [3.63, 3.8) is 0 Å². The molecule has 31 heavy (non-hydrogen) atoms. The third-order valence-corrected chi connectivity index (χ3v) is 6.12. The SMILES string of the molecule is CC1(C)CC(=O)c2cc(C(=O)Nc3nc(-c4cc5ccccc5o4)cs3)c(=O)[nH]c2C1. The fourth-order valence-electron chi connectivity index (χ4n) is 3.91. The highest BCUT2D eigenvalue weighted by atomic mass is 32.1. The minimum Gasteiger partial charge on any atom is -0.454 e. The van der Waals surface area contributed by atoms with E-state index in [0.29, 0.717) is 40.7 Å². The lowest BCUT2D eigenvalue weighted by atomic mass is 9.75. The van der Waals surface area contributed by atoms with E-state index in [1.807, 2.05) is 44.2 Å². The van der Waals surface area contributed by atoms with Crippen LogP contribution in [0.2, 0.25) is 0 Å². The van der Waals surface area contributed by atoms with E-state index >= 15 is 0 Å². The first-order valence-electron chi connectivity index (χ1n) is 9.84. The van der Waals surface area contributed by atoms with E-state index in [-0.39, 0.29) is 16.8 Å². The third-order valence-electron chi connectivity index (χ3n) is 5.36. The van der Waals surface area contributed by atoms with Crippen LogP contribution >= 0.6 is 11.3 Å². The number of anilines is 1. The lowest BCUT2D eigenvalue weighted by molar-refractivity contribution is 0.0910. The summed E-state index contributed by atoms with van der Waals surface area (Å²) < 4.78 is 5.81. The summed E-state index contributed by atoms with van der Waals surface area (Å²) in [6.07, 6.45) is 0.957. The summed E-state index contributed by atoms with van der Waals surface area (Å²) in [6, 6.07) is 10.9. The van der Waals surface area contributed by atoms with Gasteiger partial charge in [-0.1, -0.05) is 32.0 Å². The molecule has 0 saturated heterocycles. The molecule has 4 aromatic rings. The molecule has 0 saturated carbocycles. The van der Waals surface area contributed by atoms with Crippen molar-refractivity contribution in [2.45, 2.75) is 26.7 Å². The van der Waals surface area contributed by atoms with Gasteiger partial charge in [0.05, 0.1) is 0 Å². The molecule has 3 aromatic heterocycles. The van der Waals surface area contributed by atoms with E-state index in [9.17, 15) is 14.4 Å². The first kappa shape index (κ1) is 19.4. The van der Waals surface area contributed by atoms with E-state index in [1.165, 1.54) is 17.4 Å². The molecule has 1 aliphatic rings. The van der Waals surface area contributed by atoms with Gasteiger partial charge < -0.3 is 9.40 Å². The van der Waals surface area contributed by atoms with Crippen molar-refractivity contribution in [2.24, 2.45) is 5.41 Å². The number of pyridine rings is 1. The average molecular weight is 433 g/mol. The number of fused-ring (bicyclic) bond motifs is 2. The summed E-state index contributed by atoms with van der Waals surface area (Å²) in [7, 11) is 0. The van der Waals surface area contributed by atoms with Crippen LogP contribution in [0.1, 0.15) is 46.7 Å². The molecule has 3 heterocycles. The van der Waals surface area contributed by atoms with Crippen LogP contribution < -0.4 is 10.9 Å². The zero-order valence-corrected chi connectivity index (χ0v) is 17.8. The normalized spacial score (nSPS) is 15.1. The number of aromatic nitrogens is 2. The summed E-state index contributed by atoms with van der Waals surface area (Å²) in [5, 5.41) is 5.73. The summed E-state index contributed by atoms with van der Waals surface area (Å²) >= 11 is 1.23. The number of hydrogen-bond acceptors (Lipinski definition) is 6. The van der Waals surface area contributed by atoms with Gasteiger partial charge in [-0.3, -0.25) is 19.7 Å². The molecule has 1 aromatic carbocycles. The van der Waals surface area contributed by atoms with Crippen LogP contribution in [0.25, 0.3) is 22.4 Å². The van der Waals surface area contributed by atoms with Gasteiger partial charge in [-0.2, -0.15) is 0 Å². The maximum atomic E-state index is 12.7. The second-order valence-corrected chi connectivity index (χ2v) is 9.34. The Kier molecular flexibility index (Phi) is 4.40. The standard InChI is InChI=1S/C23H19N3O4S/c1-23(2)9-15-13(17(27)10-23)8-14(20(28)24-15)21(29)26-22-25-16(11-31-22)19-7-12-5-3-4-6-18(12)30-19/h3-8,11H,9-10H2,1-2H3,(H,24,28)(H,25,26,29). The van der Waals surface area contributed by atoms with Crippen LogP contribution in [0.3, 0.4) is 0 Å². The van der Waals surface area contributed by atoms with Crippen LogP contribution in [0, 0.1) is 5.41 Å². The molecular weight excluding hydrogens is 414 g/mol. The Bertz CT molecular complexity index is 1380. The number of furan rings is 1. The quantitative estimate of drug-likeness (QED) is 0.489. The number of carbonyl (C=O) groups is 2. The first-order valence-corrected chi connectivity index (χ1v) is 10.7. The predicted octanol–water partition coefficient (Wildman–Crippen LogP) is 4.65. The van der Waals surface area contributed by atoms with Crippen LogP contribution in [0.15, 0.2) is 51.0 Å². The van der Waals surface area contributed by atoms with Gasteiger partial charge in [0.2, 0.25) is 0 Å². The Morgan fingerprint density at radius 3 is 2.81 bits per heavy atom. The summed E-state index contributed by atoms with van der Waals surface area (Å²) in [4.78, 5) is 44.9. The Labute approximate surface area is 181 Å². The number of nitrogens with zero attached hydrogens (tertiary/aromatic N) is 1. The third kappa shape index (κ3) is 3.59. The highest BCUT2D eigenvalue weighted by Gasteiger charge is 2.32. The van der Waals surface area contributed by atoms with Crippen molar-refractivity contribution in [2.75, 3.05) is 5.32 Å². The second-order valence-electron chi connectivity index (χ2n) is 8.49. The number of carbonyl (C=O) groups excluding carboxylic acids is 2. The van der Waals surface area contributed by atoms with Gasteiger partial charge in [-0.25, -0.2) is 4.98 Å². The van der Waals surface area contributed by atoms with Gasteiger partial charge in [0.1, 0.15) is 16.8 Å². The molecule has 156 valence electrons. The summed E-state index contributed by atoms with van der Waals surface area (Å²) in [5.41, 5.74) is 1.50. The molecule has 0 unspecified atom stereocenters.